The van der Waals surface area contributed by atoms with Gasteiger partial charge < -0.3 is 15.0 Å². The number of nitrogens with zero attached hydrogens (tertiary/aromatic N) is 1. The SMILES string of the molecule is CCOC(=O)C1=C(C)N(C)C(=S)N[C@@H]1c1ccc(Br)cc1. The van der Waals surface area contributed by atoms with E-state index >= 15 is 0 Å². The van der Waals surface area contributed by atoms with Crippen LogP contribution in [-0.2, 0) is 9.53 Å². The Morgan fingerprint density at radius 2 is 2.05 bits per heavy atom. The highest BCUT2D eigenvalue weighted by atomic mass is 79.9. The lowest BCUT2D eigenvalue weighted by Gasteiger charge is -2.35. The lowest BCUT2D eigenvalue weighted by atomic mass is 9.95. The molecule has 1 aromatic rings. The maximum Gasteiger partial charge on any atom is 0.338 e. The Morgan fingerprint density at radius 3 is 2.62 bits per heavy atom. The second kappa shape index (κ2) is 6.58. The first kappa shape index (κ1) is 16.0. The molecule has 0 saturated heterocycles. The quantitative estimate of drug-likeness (QED) is 0.655. The minimum Gasteiger partial charge on any atom is -0.463 e. The van der Waals surface area contributed by atoms with Gasteiger partial charge in [0.2, 0.25) is 0 Å². The van der Waals surface area contributed by atoms with Gasteiger partial charge in [0.15, 0.2) is 5.11 Å². The number of nitrogens with one attached hydrogen (secondary N) is 1. The van der Waals surface area contributed by atoms with Crippen molar-refractivity contribution < 1.29 is 9.53 Å². The summed E-state index contributed by atoms with van der Waals surface area (Å²) in [4.78, 5) is 14.1. The molecule has 1 aliphatic heterocycles. The molecule has 1 aliphatic rings. The third-order valence-electron chi connectivity index (χ3n) is 3.45. The van der Waals surface area contributed by atoms with Gasteiger partial charge in [-0.3, -0.25) is 0 Å². The van der Waals surface area contributed by atoms with Gasteiger partial charge in [0, 0.05) is 17.2 Å². The molecule has 0 aromatic heterocycles. The minimum absolute atomic E-state index is 0.291. The zero-order valence-electron chi connectivity index (χ0n) is 12.1. The van der Waals surface area contributed by atoms with E-state index < -0.39 is 0 Å². The Bertz CT molecular complexity index is 598. The number of rotatable bonds is 3. The molecule has 0 unspecified atom stereocenters. The van der Waals surface area contributed by atoms with Crippen molar-refractivity contribution in [3.8, 4) is 0 Å². The molecule has 0 aliphatic carbocycles. The summed E-state index contributed by atoms with van der Waals surface area (Å²) >= 11 is 8.75. The Balaban J connectivity index is 2.48. The van der Waals surface area contributed by atoms with Crippen molar-refractivity contribution in [2.45, 2.75) is 19.9 Å². The van der Waals surface area contributed by atoms with Crippen LogP contribution in [0.15, 0.2) is 40.0 Å². The molecule has 112 valence electrons. The molecule has 0 bridgehead atoms. The fraction of sp³-hybridized carbons (Fsp3) is 0.333. The number of hydrogen-bond donors (Lipinski definition) is 1. The van der Waals surface area contributed by atoms with Crippen LogP contribution in [0.2, 0.25) is 0 Å². The Labute approximate surface area is 138 Å². The van der Waals surface area contributed by atoms with Crippen LogP contribution in [0.3, 0.4) is 0 Å². The van der Waals surface area contributed by atoms with Crippen molar-refractivity contribution in [1.82, 2.24) is 10.2 Å². The average Bonchev–Trinajstić information content (AvgIpc) is 2.45. The van der Waals surface area contributed by atoms with Crippen LogP contribution in [0.4, 0.5) is 0 Å². The topological polar surface area (TPSA) is 41.6 Å². The van der Waals surface area contributed by atoms with Crippen molar-refractivity contribution in [2.75, 3.05) is 13.7 Å². The van der Waals surface area contributed by atoms with Gasteiger partial charge in [0.25, 0.3) is 0 Å². The van der Waals surface area contributed by atoms with Gasteiger partial charge in [-0.15, -0.1) is 0 Å². The molecule has 1 atom stereocenters. The summed E-state index contributed by atoms with van der Waals surface area (Å²) in [7, 11) is 1.84. The first-order valence-corrected chi connectivity index (χ1v) is 7.83. The number of esters is 1. The second-order valence-corrected chi connectivity index (χ2v) is 6.02. The van der Waals surface area contributed by atoms with Crippen molar-refractivity contribution in [3.63, 3.8) is 0 Å². The number of ether oxygens (including phenoxy) is 1. The Kier molecular flexibility index (Phi) is 5.00. The molecular formula is C15H17BrN2O2S. The van der Waals surface area contributed by atoms with E-state index in [-0.39, 0.29) is 12.0 Å². The third-order valence-corrected chi connectivity index (χ3v) is 4.37. The number of allylic oxidation sites excluding steroid dienone is 1. The number of benzene rings is 1. The highest BCUT2D eigenvalue weighted by Crippen LogP contribution is 2.31. The monoisotopic (exact) mass is 368 g/mol. The first-order valence-electron chi connectivity index (χ1n) is 6.63. The van der Waals surface area contributed by atoms with Crippen LogP contribution in [0, 0.1) is 0 Å². The molecule has 0 fully saturated rings. The largest absolute Gasteiger partial charge is 0.463 e. The minimum atomic E-state index is -0.315. The van der Waals surface area contributed by atoms with E-state index in [9.17, 15) is 4.79 Å². The highest BCUT2D eigenvalue weighted by Gasteiger charge is 2.33. The maximum atomic E-state index is 12.3. The Hall–Kier alpha value is -1.40. The summed E-state index contributed by atoms with van der Waals surface area (Å²) in [6, 6.07) is 7.51. The lowest BCUT2D eigenvalue weighted by Crippen LogP contribution is -2.46. The van der Waals surface area contributed by atoms with Gasteiger partial charge in [-0.05, 0) is 43.8 Å². The predicted molar refractivity (Wildman–Crippen MR) is 89.7 cm³/mol. The molecule has 0 radical (unpaired) electrons. The fourth-order valence-corrected chi connectivity index (χ4v) is 2.73. The normalized spacial score (nSPS) is 18.6. The van der Waals surface area contributed by atoms with Crippen LogP contribution in [0.25, 0.3) is 0 Å². The molecule has 1 heterocycles. The molecule has 21 heavy (non-hydrogen) atoms. The van der Waals surface area contributed by atoms with Crippen molar-refractivity contribution in [3.05, 3.63) is 45.6 Å². The maximum absolute atomic E-state index is 12.3. The summed E-state index contributed by atoms with van der Waals surface area (Å²) in [5.41, 5.74) is 2.37. The molecular weight excluding hydrogens is 352 g/mol. The van der Waals surface area contributed by atoms with Crippen LogP contribution >= 0.6 is 28.1 Å². The van der Waals surface area contributed by atoms with E-state index in [0.717, 1.165) is 15.7 Å². The number of thiocarbonyl (C=S) groups is 1. The van der Waals surface area contributed by atoms with Crippen LogP contribution in [0.1, 0.15) is 25.5 Å². The smallest absolute Gasteiger partial charge is 0.338 e. The predicted octanol–water partition coefficient (Wildman–Crippen LogP) is 3.15. The molecule has 0 spiro atoms. The molecule has 0 saturated carbocycles. The molecule has 1 aromatic carbocycles. The van der Waals surface area contributed by atoms with E-state index in [1.165, 1.54) is 0 Å². The summed E-state index contributed by atoms with van der Waals surface area (Å²) in [5.74, 6) is -0.315. The standard InChI is InChI=1S/C15H17BrN2O2S/c1-4-20-14(19)12-9(2)18(3)15(21)17-13(12)10-5-7-11(16)8-6-10/h5-8,13H,4H2,1-3H3,(H,17,21)/t13-/m1/s1. The zero-order valence-corrected chi connectivity index (χ0v) is 14.5. The van der Waals surface area contributed by atoms with Gasteiger partial charge in [-0.1, -0.05) is 28.1 Å². The molecule has 2 rings (SSSR count). The van der Waals surface area contributed by atoms with Crippen molar-refractivity contribution in [2.24, 2.45) is 0 Å². The van der Waals surface area contributed by atoms with Crippen molar-refractivity contribution in [1.29, 1.82) is 0 Å². The van der Waals surface area contributed by atoms with E-state index in [1.807, 2.05) is 38.2 Å². The fourth-order valence-electron chi connectivity index (χ4n) is 2.21. The molecule has 1 N–H and O–H groups in total. The number of carbonyl (C=O) groups is 1. The number of hydrogen-bond acceptors (Lipinski definition) is 3. The summed E-state index contributed by atoms with van der Waals surface area (Å²) in [6.45, 7) is 4.02. The number of halogens is 1. The van der Waals surface area contributed by atoms with Crippen LogP contribution in [0.5, 0.6) is 0 Å². The average molecular weight is 369 g/mol. The molecule has 4 nitrogen and oxygen atoms in total. The zero-order chi connectivity index (χ0) is 15.6. The van der Waals surface area contributed by atoms with Crippen molar-refractivity contribution >= 4 is 39.2 Å². The lowest BCUT2D eigenvalue weighted by molar-refractivity contribution is -0.139. The van der Waals surface area contributed by atoms with Gasteiger partial charge in [0.1, 0.15) is 0 Å². The van der Waals surface area contributed by atoms with Gasteiger partial charge in [0.05, 0.1) is 18.2 Å². The van der Waals surface area contributed by atoms with Crippen LogP contribution in [-0.4, -0.2) is 29.6 Å². The van der Waals surface area contributed by atoms with E-state index in [2.05, 4.69) is 21.2 Å². The molecule has 0 amide bonds. The first-order chi connectivity index (χ1) is 9.95. The van der Waals surface area contributed by atoms with E-state index in [0.29, 0.717) is 17.3 Å². The summed E-state index contributed by atoms with van der Waals surface area (Å²) in [6.07, 6.45) is 0. The molecule has 6 heteroatoms. The second-order valence-electron chi connectivity index (χ2n) is 4.71. The van der Waals surface area contributed by atoms with Gasteiger partial charge in [-0.25, -0.2) is 4.79 Å². The number of carbonyl (C=O) groups excluding carboxylic acids is 1. The van der Waals surface area contributed by atoms with E-state index in [1.54, 1.807) is 11.8 Å². The third kappa shape index (κ3) is 3.27. The summed E-state index contributed by atoms with van der Waals surface area (Å²) in [5, 5.41) is 3.80. The highest BCUT2D eigenvalue weighted by molar-refractivity contribution is 9.10. The van der Waals surface area contributed by atoms with E-state index in [4.69, 9.17) is 17.0 Å². The van der Waals surface area contributed by atoms with Crippen LogP contribution < -0.4 is 5.32 Å². The van der Waals surface area contributed by atoms with Gasteiger partial charge in [-0.2, -0.15) is 0 Å². The van der Waals surface area contributed by atoms with Gasteiger partial charge >= 0.3 is 5.97 Å². The summed E-state index contributed by atoms with van der Waals surface area (Å²) < 4.78 is 6.18. The Morgan fingerprint density at radius 1 is 1.43 bits per heavy atom.